The van der Waals surface area contributed by atoms with Gasteiger partial charge in [-0.05, 0) is 31.4 Å². The maximum Gasteiger partial charge on any atom is 0.531 e. The highest BCUT2D eigenvalue weighted by Gasteiger charge is 2.50. The Hall–Kier alpha value is -3.61. The Morgan fingerprint density at radius 3 is 2.38 bits per heavy atom. The van der Waals surface area contributed by atoms with E-state index in [1.165, 1.54) is 13.0 Å². The van der Waals surface area contributed by atoms with Crippen molar-refractivity contribution in [3.8, 4) is 11.3 Å². The maximum absolute atomic E-state index is 13.3. The number of aromatic nitrogens is 1. The highest BCUT2D eigenvalue weighted by atomic mass is 16.7. The molecule has 1 aliphatic rings. The van der Waals surface area contributed by atoms with Crippen LogP contribution in [0.1, 0.15) is 44.1 Å². The Kier molecular flexibility index (Phi) is 10.3. The first-order chi connectivity index (χ1) is 18.5. The largest absolute Gasteiger partial charge is 0.531 e. The molecular weight excluding hydrogens is 507 g/mol. The van der Waals surface area contributed by atoms with Crippen molar-refractivity contribution in [2.24, 2.45) is 5.92 Å². The van der Waals surface area contributed by atoms with Gasteiger partial charge in [-0.1, -0.05) is 50.2 Å². The van der Waals surface area contributed by atoms with Gasteiger partial charge in [0.15, 0.2) is 18.0 Å². The minimum atomic E-state index is -1.88. The van der Waals surface area contributed by atoms with Gasteiger partial charge in [0.25, 0.3) is 5.91 Å². The summed E-state index contributed by atoms with van der Waals surface area (Å²) in [6, 6.07) is 12.9. The molecule has 3 N–H and O–H groups in total. The zero-order valence-corrected chi connectivity index (χ0v) is 22.3. The molecule has 0 radical (unpaired) electrons. The van der Waals surface area contributed by atoms with Gasteiger partial charge in [-0.15, -0.1) is 0 Å². The number of amides is 1. The van der Waals surface area contributed by atoms with Crippen molar-refractivity contribution in [2.45, 2.75) is 63.8 Å². The molecule has 1 saturated heterocycles. The van der Waals surface area contributed by atoms with Crippen LogP contribution in [0, 0.1) is 5.92 Å². The van der Waals surface area contributed by atoms with Gasteiger partial charge in [-0.25, -0.2) is 9.78 Å². The van der Waals surface area contributed by atoms with E-state index in [4.69, 9.17) is 9.31 Å². The number of nitrogens with zero attached hydrogens (tertiary/aromatic N) is 1. The second kappa shape index (κ2) is 13.5. The molecule has 2 heterocycles. The molecule has 0 spiro atoms. The normalized spacial score (nSPS) is 18.2. The quantitative estimate of drug-likeness (QED) is 0.266. The lowest BCUT2D eigenvalue weighted by Crippen LogP contribution is -2.48. The van der Waals surface area contributed by atoms with Crippen LogP contribution >= 0.6 is 0 Å². The van der Waals surface area contributed by atoms with Crippen molar-refractivity contribution in [1.82, 2.24) is 10.3 Å². The van der Waals surface area contributed by atoms with E-state index in [1.807, 2.05) is 44.2 Å². The number of Topliss-reactive ketones (excluding diaryl/α,β-unsaturated/α-hetero) is 1. The van der Waals surface area contributed by atoms with Crippen LogP contribution in [0.5, 0.6) is 0 Å². The molecule has 1 aromatic carbocycles. The molecule has 1 fully saturated rings. The average Bonchev–Trinajstić information content (AvgIpc) is 3.31. The third-order valence-electron chi connectivity index (χ3n) is 6.26. The number of methoxy groups -OCH3 is 1. The first kappa shape index (κ1) is 29.9. The monoisotopic (exact) mass is 540 g/mol. The summed E-state index contributed by atoms with van der Waals surface area (Å²) in [6.45, 7) is 5.17. The van der Waals surface area contributed by atoms with E-state index >= 15 is 0 Å². The maximum atomic E-state index is 13.3. The summed E-state index contributed by atoms with van der Waals surface area (Å²) in [5.41, 5.74) is 1.46. The molecule has 0 saturated carbocycles. The van der Waals surface area contributed by atoms with E-state index < -0.39 is 60.9 Å². The van der Waals surface area contributed by atoms with Gasteiger partial charge in [0, 0.05) is 17.8 Å². The molecular formula is C27H33BN2O9. The number of rotatable bonds is 12. The average molecular weight is 540 g/mol. The zero-order chi connectivity index (χ0) is 28.7. The highest BCUT2D eigenvalue weighted by Crippen LogP contribution is 2.32. The molecule has 2 aromatic rings. The van der Waals surface area contributed by atoms with Crippen LogP contribution in [0.4, 0.5) is 0 Å². The van der Waals surface area contributed by atoms with Crippen molar-refractivity contribution < 1.29 is 43.4 Å². The SMILES string of the molecule is COC(=O)[C@H](O)[C@H]1OB([C@@H](CC(=O)[C@@H](NC(=O)c2cccc(-c3ccccc3)n2)[C@@H](C)O)CC(C)C)OC1=O. The van der Waals surface area contributed by atoms with Crippen LogP contribution < -0.4 is 5.32 Å². The van der Waals surface area contributed by atoms with E-state index in [0.717, 1.165) is 12.7 Å². The Morgan fingerprint density at radius 2 is 1.77 bits per heavy atom. The van der Waals surface area contributed by atoms with E-state index in [2.05, 4.69) is 15.0 Å². The predicted molar refractivity (Wildman–Crippen MR) is 140 cm³/mol. The Morgan fingerprint density at radius 1 is 1.08 bits per heavy atom. The predicted octanol–water partition coefficient (Wildman–Crippen LogP) is 1.57. The number of aliphatic hydroxyl groups is 2. The fourth-order valence-corrected chi connectivity index (χ4v) is 4.36. The third kappa shape index (κ3) is 7.72. The van der Waals surface area contributed by atoms with E-state index in [1.54, 1.807) is 12.1 Å². The summed E-state index contributed by atoms with van der Waals surface area (Å²) in [6.07, 6.45) is -4.55. The molecule has 0 aliphatic carbocycles. The minimum absolute atomic E-state index is 0.0548. The van der Waals surface area contributed by atoms with Crippen LogP contribution in [0.15, 0.2) is 48.5 Å². The molecule has 1 aromatic heterocycles. The fraction of sp³-hybridized carbons (Fsp3) is 0.444. The number of aliphatic hydroxyl groups excluding tert-OH is 2. The molecule has 11 nitrogen and oxygen atoms in total. The van der Waals surface area contributed by atoms with Gasteiger partial charge in [-0.2, -0.15) is 0 Å². The van der Waals surface area contributed by atoms with Gasteiger partial charge >= 0.3 is 19.1 Å². The summed E-state index contributed by atoms with van der Waals surface area (Å²) in [5.74, 6) is -3.79. The molecule has 0 unspecified atom stereocenters. The molecule has 3 rings (SSSR count). The van der Waals surface area contributed by atoms with Crippen molar-refractivity contribution in [3.05, 3.63) is 54.2 Å². The number of esters is 1. The number of pyridine rings is 1. The summed E-state index contributed by atoms with van der Waals surface area (Å²) >= 11 is 0. The topological polar surface area (TPSA) is 161 Å². The standard InChI is InChI=1S/C27H33BN2O9/c1-15(2)13-18(28-38-24(27(36)39-28)23(33)26(35)37-4)14-21(32)22(16(3)31)30-25(34)20-12-8-11-19(29-20)17-9-6-5-7-10-17/h5-12,15-16,18,22-24,31,33H,13-14H2,1-4H3,(H,30,34)/t16-,18-,22+,23-,24-/m1/s1. The molecule has 12 heteroatoms. The lowest BCUT2D eigenvalue weighted by Gasteiger charge is -2.24. The Labute approximate surface area is 227 Å². The number of carbonyl (C=O) groups is 4. The molecule has 39 heavy (non-hydrogen) atoms. The summed E-state index contributed by atoms with van der Waals surface area (Å²) in [5, 5.41) is 23.0. The lowest BCUT2D eigenvalue weighted by atomic mass is 9.65. The number of hydrogen-bond acceptors (Lipinski definition) is 10. The van der Waals surface area contributed by atoms with Crippen LogP contribution in [-0.2, 0) is 28.4 Å². The lowest BCUT2D eigenvalue weighted by molar-refractivity contribution is -0.160. The molecule has 1 amide bonds. The van der Waals surface area contributed by atoms with Gasteiger partial charge in [0.05, 0.1) is 18.9 Å². The highest BCUT2D eigenvalue weighted by molar-refractivity contribution is 6.51. The number of carbonyl (C=O) groups excluding carboxylic acids is 4. The molecule has 0 bridgehead atoms. The third-order valence-corrected chi connectivity index (χ3v) is 6.26. The van der Waals surface area contributed by atoms with Crippen molar-refractivity contribution in [3.63, 3.8) is 0 Å². The van der Waals surface area contributed by atoms with Crippen molar-refractivity contribution in [2.75, 3.05) is 7.11 Å². The van der Waals surface area contributed by atoms with Gasteiger partial charge in [0.1, 0.15) is 11.7 Å². The first-order valence-electron chi connectivity index (χ1n) is 12.7. The van der Waals surface area contributed by atoms with Crippen LogP contribution in [0.2, 0.25) is 5.82 Å². The van der Waals surface area contributed by atoms with E-state index in [9.17, 15) is 29.4 Å². The van der Waals surface area contributed by atoms with Crippen LogP contribution in [-0.4, -0.2) is 77.4 Å². The van der Waals surface area contributed by atoms with Crippen LogP contribution in [0.3, 0.4) is 0 Å². The molecule has 208 valence electrons. The van der Waals surface area contributed by atoms with E-state index in [0.29, 0.717) is 12.1 Å². The Balaban J connectivity index is 1.74. The number of benzene rings is 1. The second-order valence-corrected chi connectivity index (χ2v) is 9.86. The van der Waals surface area contributed by atoms with Gasteiger partial charge in [-0.3, -0.25) is 14.4 Å². The zero-order valence-electron chi connectivity index (χ0n) is 22.3. The van der Waals surface area contributed by atoms with Gasteiger partial charge in [0.2, 0.25) is 0 Å². The molecule has 5 atom stereocenters. The number of ether oxygens (including phenoxy) is 1. The fourth-order valence-electron chi connectivity index (χ4n) is 4.36. The van der Waals surface area contributed by atoms with Crippen molar-refractivity contribution in [1.29, 1.82) is 0 Å². The summed E-state index contributed by atoms with van der Waals surface area (Å²) in [7, 11) is -0.163. The Bertz CT molecular complexity index is 1170. The summed E-state index contributed by atoms with van der Waals surface area (Å²) in [4.78, 5) is 54.7. The number of nitrogens with one attached hydrogen (secondary N) is 1. The van der Waals surface area contributed by atoms with Crippen LogP contribution in [0.25, 0.3) is 11.3 Å². The van der Waals surface area contributed by atoms with Crippen molar-refractivity contribution >= 4 is 30.7 Å². The molecule has 1 aliphatic heterocycles. The summed E-state index contributed by atoms with van der Waals surface area (Å²) < 4.78 is 15.2. The van der Waals surface area contributed by atoms with E-state index in [-0.39, 0.29) is 18.0 Å². The number of hydrogen-bond donors (Lipinski definition) is 3. The number of ketones is 1. The smallest absolute Gasteiger partial charge is 0.507 e. The first-order valence-corrected chi connectivity index (χ1v) is 12.7. The minimum Gasteiger partial charge on any atom is -0.507 e. The second-order valence-electron chi connectivity index (χ2n) is 9.86. The van der Waals surface area contributed by atoms with Gasteiger partial charge < -0.3 is 29.6 Å².